The summed E-state index contributed by atoms with van der Waals surface area (Å²) in [5, 5.41) is 8.24. The van der Waals surface area contributed by atoms with E-state index >= 15 is 0 Å². The Hall–Kier alpha value is -1.69. The van der Waals surface area contributed by atoms with E-state index < -0.39 is 12.6 Å². The van der Waals surface area contributed by atoms with Crippen molar-refractivity contribution in [3.05, 3.63) is 18.0 Å². The molecule has 0 aliphatic rings. The first-order valence-corrected chi connectivity index (χ1v) is 3.58. The maximum atomic E-state index is 10.1. The van der Waals surface area contributed by atoms with Crippen LogP contribution in [-0.4, -0.2) is 27.7 Å². The second-order valence-electron chi connectivity index (χ2n) is 2.31. The zero-order valence-corrected chi connectivity index (χ0v) is 7.02. The molecule has 1 aromatic heterocycles. The number of carboxylic acid groups (broad SMARTS) is 1. The second kappa shape index (κ2) is 4.36. The number of rotatable bonds is 4. The standard InChI is InChI=1S/C7H9N3O3/c1-5-2-3-8-7(9-5)10-13-4-6(11)12/h2-3H,4H2,1H3,(H,11,12)(H,8,9,10). The second-order valence-corrected chi connectivity index (χ2v) is 2.31. The number of hydrogen-bond acceptors (Lipinski definition) is 5. The van der Waals surface area contributed by atoms with E-state index in [0.29, 0.717) is 0 Å². The summed E-state index contributed by atoms with van der Waals surface area (Å²) in [6.07, 6.45) is 1.55. The summed E-state index contributed by atoms with van der Waals surface area (Å²) in [5.41, 5.74) is 3.09. The van der Waals surface area contributed by atoms with Crippen molar-refractivity contribution >= 4 is 11.9 Å². The molecule has 0 unspecified atom stereocenters. The van der Waals surface area contributed by atoms with Gasteiger partial charge in [-0.3, -0.25) is 4.84 Å². The third-order valence-electron chi connectivity index (χ3n) is 1.15. The molecule has 0 aliphatic carbocycles. The highest BCUT2D eigenvalue weighted by atomic mass is 16.7. The highest BCUT2D eigenvalue weighted by Crippen LogP contribution is 1.97. The number of carbonyl (C=O) groups is 1. The van der Waals surface area contributed by atoms with Crippen molar-refractivity contribution in [3.63, 3.8) is 0 Å². The zero-order valence-electron chi connectivity index (χ0n) is 7.02. The van der Waals surface area contributed by atoms with Crippen LogP contribution in [0.1, 0.15) is 5.69 Å². The van der Waals surface area contributed by atoms with Gasteiger partial charge < -0.3 is 5.11 Å². The minimum absolute atomic E-state index is 0.251. The van der Waals surface area contributed by atoms with E-state index in [9.17, 15) is 4.79 Å². The summed E-state index contributed by atoms with van der Waals surface area (Å²) < 4.78 is 0. The molecule has 1 heterocycles. The number of aliphatic carboxylic acids is 1. The van der Waals surface area contributed by atoms with Gasteiger partial charge in [-0.15, -0.1) is 0 Å². The molecule has 0 bridgehead atoms. The van der Waals surface area contributed by atoms with Gasteiger partial charge in [0.1, 0.15) is 0 Å². The van der Waals surface area contributed by atoms with Crippen LogP contribution in [0.5, 0.6) is 0 Å². The van der Waals surface area contributed by atoms with Gasteiger partial charge in [-0.25, -0.2) is 20.2 Å². The highest BCUT2D eigenvalue weighted by Gasteiger charge is 1.98. The number of aryl methyl sites for hydroxylation is 1. The van der Waals surface area contributed by atoms with Crippen LogP contribution in [0.15, 0.2) is 12.3 Å². The fraction of sp³-hybridized carbons (Fsp3) is 0.286. The fourth-order valence-electron chi connectivity index (χ4n) is 0.660. The van der Waals surface area contributed by atoms with Crippen LogP contribution in [0, 0.1) is 6.92 Å². The molecule has 2 N–H and O–H groups in total. The minimum Gasteiger partial charge on any atom is -0.479 e. The van der Waals surface area contributed by atoms with Gasteiger partial charge in [0.05, 0.1) is 0 Å². The number of nitrogens with zero attached hydrogens (tertiary/aromatic N) is 2. The Morgan fingerprint density at radius 3 is 3.15 bits per heavy atom. The van der Waals surface area contributed by atoms with Crippen LogP contribution < -0.4 is 5.48 Å². The first-order chi connectivity index (χ1) is 6.18. The molecule has 0 aliphatic heterocycles. The molecule has 1 aromatic rings. The molecule has 6 heteroatoms. The van der Waals surface area contributed by atoms with Gasteiger partial charge in [-0.05, 0) is 13.0 Å². The minimum atomic E-state index is -1.06. The number of carboxylic acids is 1. The molecule has 0 fully saturated rings. The van der Waals surface area contributed by atoms with E-state index in [0.717, 1.165) is 5.69 Å². The lowest BCUT2D eigenvalue weighted by Gasteiger charge is -2.02. The summed E-state index contributed by atoms with van der Waals surface area (Å²) in [7, 11) is 0. The Balaban J connectivity index is 2.41. The normalized spacial score (nSPS) is 9.62. The lowest BCUT2D eigenvalue weighted by molar-refractivity contribution is -0.141. The first kappa shape index (κ1) is 9.40. The molecule has 0 amide bonds. The van der Waals surface area contributed by atoms with Crippen molar-refractivity contribution in [1.82, 2.24) is 9.97 Å². The van der Waals surface area contributed by atoms with Gasteiger partial charge in [0.2, 0.25) is 5.95 Å². The van der Waals surface area contributed by atoms with Crippen LogP contribution in [0.25, 0.3) is 0 Å². The third kappa shape index (κ3) is 3.48. The molecule has 13 heavy (non-hydrogen) atoms. The summed E-state index contributed by atoms with van der Waals surface area (Å²) in [4.78, 5) is 22.3. The summed E-state index contributed by atoms with van der Waals surface area (Å²) >= 11 is 0. The summed E-state index contributed by atoms with van der Waals surface area (Å²) in [5.74, 6) is -0.804. The molecular formula is C7H9N3O3. The van der Waals surface area contributed by atoms with Crippen molar-refractivity contribution in [3.8, 4) is 0 Å². The van der Waals surface area contributed by atoms with Gasteiger partial charge in [-0.2, -0.15) is 0 Å². The van der Waals surface area contributed by atoms with E-state index in [4.69, 9.17) is 5.11 Å². The van der Waals surface area contributed by atoms with Crippen LogP contribution in [0.4, 0.5) is 5.95 Å². The first-order valence-electron chi connectivity index (χ1n) is 3.58. The number of aromatic nitrogens is 2. The molecule has 0 radical (unpaired) electrons. The average Bonchev–Trinajstić information content (AvgIpc) is 2.03. The monoisotopic (exact) mass is 183 g/mol. The molecule has 70 valence electrons. The molecule has 0 spiro atoms. The quantitative estimate of drug-likeness (QED) is 0.649. The topological polar surface area (TPSA) is 84.3 Å². The SMILES string of the molecule is Cc1ccnc(NOCC(=O)O)n1. The van der Waals surface area contributed by atoms with Crippen LogP contribution in [0.2, 0.25) is 0 Å². The van der Waals surface area contributed by atoms with Crippen LogP contribution in [0.3, 0.4) is 0 Å². The van der Waals surface area contributed by atoms with Crippen molar-refractivity contribution in [2.45, 2.75) is 6.92 Å². The number of hydrogen-bond donors (Lipinski definition) is 2. The Labute approximate surface area is 74.5 Å². The molecule has 0 aromatic carbocycles. The maximum Gasteiger partial charge on any atom is 0.332 e. The molecule has 1 rings (SSSR count). The largest absolute Gasteiger partial charge is 0.479 e. The Kier molecular flexibility index (Phi) is 3.15. The van der Waals surface area contributed by atoms with Crippen molar-refractivity contribution in [2.75, 3.05) is 12.1 Å². The van der Waals surface area contributed by atoms with E-state index in [-0.39, 0.29) is 5.95 Å². The molecule has 0 atom stereocenters. The van der Waals surface area contributed by atoms with Gasteiger partial charge >= 0.3 is 5.97 Å². The Morgan fingerprint density at radius 2 is 2.54 bits per heavy atom. The molecular weight excluding hydrogens is 174 g/mol. The van der Waals surface area contributed by atoms with Gasteiger partial charge in [0.15, 0.2) is 6.61 Å². The van der Waals surface area contributed by atoms with Crippen molar-refractivity contribution < 1.29 is 14.7 Å². The van der Waals surface area contributed by atoms with Crippen molar-refractivity contribution in [2.24, 2.45) is 0 Å². The van der Waals surface area contributed by atoms with Crippen LogP contribution in [-0.2, 0) is 9.63 Å². The fourth-order valence-corrected chi connectivity index (χ4v) is 0.660. The summed E-state index contributed by atoms with van der Waals surface area (Å²) in [6, 6.07) is 1.72. The van der Waals surface area contributed by atoms with Crippen LogP contribution >= 0.6 is 0 Å². The zero-order chi connectivity index (χ0) is 9.68. The highest BCUT2D eigenvalue weighted by molar-refractivity contribution is 5.68. The molecule has 0 saturated heterocycles. The number of anilines is 1. The van der Waals surface area contributed by atoms with Gasteiger partial charge in [0.25, 0.3) is 0 Å². The Bertz CT molecular complexity index is 303. The smallest absolute Gasteiger partial charge is 0.332 e. The predicted octanol–water partition coefficient (Wildman–Crippen LogP) is 0.213. The molecule has 0 saturated carbocycles. The van der Waals surface area contributed by atoms with Gasteiger partial charge in [0, 0.05) is 11.9 Å². The maximum absolute atomic E-state index is 10.1. The van der Waals surface area contributed by atoms with Gasteiger partial charge in [-0.1, -0.05) is 0 Å². The van der Waals surface area contributed by atoms with Crippen molar-refractivity contribution in [1.29, 1.82) is 0 Å². The number of nitrogens with one attached hydrogen (secondary N) is 1. The van der Waals surface area contributed by atoms with E-state index in [1.807, 2.05) is 0 Å². The average molecular weight is 183 g/mol. The summed E-state index contributed by atoms with van der Waals surface area (Å²) in [6.45, 7) is 1.36. The Morgan fingerprint density at radius 1 is 1.77 bits per heavy atom. The van der Waals surface area contributed by atoms with E-state index in [1.165, 1.54) is 0 Å². The lowest BCUT2D eigenvalue weighted by atomic mass is 10.5. The third-order valence-corrected chi connectivity index (χ3v) is 1.15. The van der Waals surface area contributed by atoms with E-state index in [2.05, 4.69) is 20.3 Å². The predicted molar refractivity (Wildman–Crippen MR) is 44.0 cm³/mol. The van der Waals surface area contributed by atoms with E-state index in [1.54, 1.807) is 19.2 Å². The lowest BCUT2D eigenvalue weighted by Crippen LogP contribution is -2.12. The molecule has 6 nitrogen and oxygen atoms in total.